The van der Waals surface area contributed by atoms with Gasteiger partial charge in [-0.3, -0.25) is 8.42 Å². The van der Waals surface area contributed by atoms with Crippen molar-refractivity contribution in [1.29, 1.82) is 0 Å². The van der Waals surface area contributed by atoms with Gasteiger partial charge in [-0.1, -0.05) is 155 Å². The van der Waals surface area contributed by atoms with Gasteiger partial charge in [0.15, 0.2) is 0 Å². The van der Waals surface area contributed by atoms with Crippen molar-refractivity contribution in [3.63, 3.8) is 0 Å². The van der Waals surface area contributed by atoms with Crippen molar-refractivity contribution in [2.24, 2.45) is 0 Å². The molecule has 0 spiro atoms. The Bertz CT molecular complexity index is 431. The normalized spacial score (nSPS) is 10.8. The van der Waals surface area contributed by atoms with E-state index < -0.39 is 10.4 Å². The predicted octanol–water partition coefficient (Wildman–Crippen LogP) is 3.08. The number of unbranched alkanes of at least 4 members (excludes halogenated alkanes) is 22. The second kappa shape index (κ2) is 39.0. The first-order chi connectivity index (χ1) is 16.4. The van der Waals surface area contributed by atoms with Gasteiger partial charge >= 0.3 is 59.1 Å². The van der Waals surface area contributed by atoms with Crippen LogP contribution in [-0.4, -0.2) is 30.7 Å². The third-order valence-electron chi connectivity index (χ3n) is 6.28. The van der Waals surface area contributed by atoms with Crippen LogP contribution in [0.3, 0.4) is 0 Å². The quantitative estimate of drug-likeness (QED) is 0.0712. The Balaban J connectivity index is -0.000000661. The smallest absolute Gasteiger partial charge is 0.759 e. The molecule has 0 aromatic rings. The second-order valence-corrected chi connectivity index (χ2v) is 10.6. The molecule has 0 aromatic carbocycles. The van der Waals surface area contributed by atoms with Gasteiger partial charge in [0.05, 0.1) is 0 Å². The molecule has 0 atom stereocenters. The Hall–Kier alpha value is 1.83. The molecule has 0 aliphatic heterocycles. The zero-order chi connectivity index (χ0) is 25.6. The van der Waals surface area contributed by atoms with E-state index in [2.05, 4.69) is 13.8 Å². The van der Waals surface area contributed by atoms with E-state index in [9.17, 15) is 0 Å². The summed E-state index contributed by atoms with van der Waals surface area (Å²) in [7, 11) is -5.17. The van der Waals surface area contributed by atoms with E-state index in [0.29, 0.717) is 0 Å². The Labute approximate surface area is 270 Å². The molecule has 0 saturated heterocycles. The zero-order valence-electron chi connectivity index (χ0n) is 24.8. The van der Waals surface area contributed by atoms with Crippen molar-refractivity contribution >= 4 is 10.4 Å². The molecule has 8 heteroatoms. The van der Waals surface area contributed by atoms with Crippen molar-refractivity contribution in [2.75, 3.05) is 13.2 Å². The maximum absolute atomic E-state index is 8.52. The van der Waals surface area contributed by atoms with E-state index in [4.69, 9.17) is 22.3 Å². The number of hydrogen-bond acceptors (Lipinski definition) is 5. The number of hydrogen-bond donors (Lipinski definition) is 0. The molecule has 0 aliphatic carbocycles. The van der Waals surface area contributed by atoms with Crippen LogP contribution in [0.2, 0.25) is 0 Å². The fraction of sp³-hybridized carbons (Fsp3) is 1.00. The Kier molecular flexibility index (Phi) is 48.5. The molecular weight excluding hydrogens is 494 g/mol. The summed E-state index contributed by atoms with van der Waals surface area (Å²) in [4.78, 5) is 0. The van der Waals surface area contributed by atoms with Crippen molar-refractivity contribution in [2.45, 2.75) is 168 Å². The number of rotatable bonds is 26. The van der Waals surface area contributed by atoms with Crippen LogP contribution < -0.4 is 59.1 Å². The van der Waals surface area contributed by atoms with Gasteiger partial charge in [-0.2, -0.15) is 0 Å². The molecule has 0 saturated carbocycles. The van der Waals surface area contributed by atoms with Crippen molar-refractivity contribution < 1.29 is 81.4 Å². The molecule has 0 aromatic heterocycles. The van der Waals surface area contributed by atoms with Gasteiger partial charge in [-0.15, -0.1) is 0 Å². The third-order valence-corrected chi connectivity index (χ3v) is 6.28. The Morgan fingerprint density at radius 1 is 0.417 bits per heavy atom. The van der Waals surface area contributed by atoms with E-state index in [-0.39, 0.29) is 59.1 Å². The van der Waals surface area contributed by atoms with E-state index in [1.54, 1.807) is 0 Å². The van der Waals surface area contributed by atoms with Gasteiger partial charge in [0.2, 0.25) is 0 Å². The molecule has 0 fully saturated rings. The number of ether oxygens (including phenoxy) is 1. The topological polar surface area (TPSA) is 89.5 Å². The first kappa shape index (κ1) is 44.8. The first-order valence-electron chi connectivity index (χ1n) is 14.7. The molecule has 0 heterocycles. The third kappa shape index (κ3) is 56.1. The predicted molar refractivity (Wildman–Crippen MR) is 143 cm³/mol. The van der Waals surface area contributed by atoms with Crippen molar-refractivity contribution in [3.8, 4) is 0 Å². The summed E-state index contributed by atoms with van der Waals surface area (Å²) < 4.78 is 39.9. The van der Waals surface area contributed by atoms with Crippen molar-refractivity contribution in [1.82, 2.24) is 0 Å². The van der Waals surface area contributed by atoms with E-state index >= 15 is 0 Å². The van der Waals surface area contributed by atoms with Crippen LogP contribution >= 0.6 is 0 Å². The summed E-state index contributed by atoms with van der Waals surface area (Å²) in [6, 6.07) is 0. The average Bonchev–Trinajstić information content (AvgIpc) is 2.78. The van der Waals surface area contributed by atoms with Gasteiger partial charge in [-0.25, -0.2) is 0 Å². The molecule has 36 heavy (non-hydrogen) atoms. The summed E-state index contributed by atoms with van der Waals surface area (Å²) in [6.07, 6.45) is 34.1. The van der Waals surface area contributed by atoms with Gasteiger partial charge in [0, 0.05) is 23.6 Å². The van der Waals surface area contributed by atoms with Crippen molar-refractivity contribution in [3.05, 3.63) is 0 Å². The largest absolute Gasteiger partial charge is 1.00 e. The summed E-state index contributed by atoms with van der Waals surface area (Å²) in [5, 5.41) is 0. The van der Waals surface area contributed by atoms with Gasteiger partial charge < -0.3 is 13.8 Å². The molecule has 0 rings (SSSR count). The minimum absolute atomic E-state index is 0. The minimum atomic E-state index is -5.17. The van der Waals surface area contributed by atoms with E-state index in [1.165, 1.54) is 154 Å². The maximum Gasteiger partial charge on any atom is 1.00 e. The zero-order valence-corrected chi connectivity index (χ0v) is 29.7. The SMILES string of the molecule is CCCCCCCCCCCCCCOCCCCCCCCCCCCCC.O=S(=O)([O-])[O-].[Na+].[Na+]. The van der Waals surface area contributed by atoms with Gasteiger partial charge in [0.25, 0.3) is 0 Å². The molecule has 0 unspecified atom stereocenters. The Morgan fingerprint density at radius 2 is 0.583 bits per heavy atom. The van der Waals surface area contributed by atoms with E-state index in [1.807, 2.05) is 0 Å². The summed E-state index contributed by atoms with van der Waals surface area (Å²) >= 11 is 0. The van der Waals surface area contributed by atoms with Crippen LogP contribution in [0.4, 0.5) is 0 Å². The summed E-state index contributed by atoms with van der Waals surface area (Å²) in [6.45, 7) is 6.58. The van der Waals surface area contributed by atoms with Gasteiger partial charge in [0.1, 0.15) is 0 Å². The molecule has 208 valence electrons. The standard InChI is InChI=1S/C28H58O.2Na.H2O4S/c1-3-5-7-9-11-13-15-17-19-21-23-25-27-29-28-26-24-22-20-18-16-14-12-10-8-6-4-2;;;1-5(2,3)4/h3-28H2,1-2H3;;;(H2,1,2,3,4)/q;2*+1;/p-2. The molecular formula is C28H58Na2O5S. The molecule has 0 bridgehead atoms. The second-order valence-electron chi connectivity index (χ2n) is 9.80. The van der Waals surface area contributed by atoms with Crippen LogP contribution in [0.5, 0.6) is 0 Å². The fourth-order valence-corrected chi connectivity index (χ4v) is 4.19. The monoisotopic (exact) mass is 552 g/mol. The van der Waals surface area contributed by atoms with Crippen LogP contribution in [0.1, 0.15) is 168 Å². The van der Waals surface area contributed by atoms with Crippen LogP contribution in [-0.2, 0) is 15.1 Å². The van der Waals surface area contributed by atoms with Crippen LogP contribution in [0.15, 0.2) is 0 Å². The molecule has 5 nitrogen and oxygen atoms in total. The molecule has 0 aliphatic rings. The molecule has 0 amide bonds. The van der Waals surface area contributed by atoms with Crippen LogP contribution in [0, 0.1) is 0 Å². The molecule has 0 N–H and O–H groups in total. The summed E-state index contributed by atoms with van der Waals surface area (Å²) in [5.41, 5.74) is 0. The van der Waals surface area contributed by atoms with E-state index in [0.717, 1.165) is 13.2 Å². The van der Waals surface area contributed by atoms with Crippen LogP contribution in [0.25, 0.3) is 0 Å². The first-order valence-corrected chi connectivity index (χ1v) is 16.0. The molecule has 0 radical (unpaired) electrons. The minimum Gasteiger partial charge on any atom is -0.759 e. The maximum atomic E-state index is 8.52. The summed E-state index contributed by atoms with van der Waals surface area (Å²) in [5.74, 6) is 0. The average molecular weight is 553 g/mol. The fourth-order valence-electron chi connectivity index (χ4n) is 4.19. The Morgan fingerprint density at radius 3 is 0.778 bits per heavy atom. The van der Waals surface area contributed by atoms with Gasteiger partial charge in [-0.05, 0) is 12.8 Å².